The summed E-state index contributed by atoms with van der Waals surface area (Å²) in [5, 5.41) is 11.8. The van der Waals surface area contributed by atoms with Crippen LogP contribution < -0.4 is 10.1 Å². The van der Waals surface area contributed by atoms with Crippen molar-refractivity contribution >= 4 is 21.8 Å². The Bertz CT molecular complexity index is 721. The summed E-state index contributed by atoms with van der Waals surface area (Å²) in [6, 6.07) is 16.6. The van der Waals surface area contributed by atoms with Gasteiger partial charge in [-0.25, -0.2) is 0 Å². The maximum Gasteiger partial charge on any atom is 0.261 e. The average molecular weight is 387 g/mol. The molecular formula is C19H19BrN2O2. The fraction of sp³-hybridized carbons (Fsp3) is 0.263. The van der Waals surface area contributed by atoms with Gasteiger partial charge in [0.05, 0.1) is 17.7 Å². The maximum atomic E-state index is 12.4. The van der Waals surface area contributed by atoms with Gasteiger partial charge in [-0.2, -0.15) is 5.26 Å². The molecule has 24 heavy (non-hydrogen) atoms. The molecule has 0 radical (unpaired) electrons. The lowest BCUT2D eigenvalue weighted by Crippen LogP contribution is -2.38. The Morgan fingerprint density at radius 3 is 2.38 bits per heavy atom. The zero-order valence-electron chi connectivity index (χ0n) is 13.6. The van der Waals surface area contributed by atoms with Gasteiger partial charge in [0, 0.05) is 4.47 Å². The molecule has 2 unspecified atom stereocenters. The summed E-state index contributed by atoms with van der Waals surface area (Å²) in [7, 11) is 0. The molecule has 0 heterocycles. The third kappa shape index (κ3) is 4.84. The minimum atomic E-state index is -0.623. The van der Waals surface area contributed by atoms with Crippen LogP contribution in [0.2, 0.25) is 0 Å². The van der Waals surface area contributed by atoms with Crippen LogP contribution in [-0.4, -0.2) is 12.0 Å². The molecular weight excluding hydrogens is 368 g/mol. The highest BCUT2D eigenvalue weighted by atomic mass is 79.9. The van der Waals surface area contributed by atoms with Crippen molar-refractivity contribution in [2.75, 3.05) is 0 Å². The lowest BCUT2D eigenvalue weighted by atomic mass is 10.0. The fourth-order valence-corrected chi connectivity index (χ4v) is 2.54. The number of halogens is 1. The highest BCUT2D eigenvalue weighted by Gasteiger charge is 2.19. The topological polar surface area (TPSA) is 62.1 Å². The highest BCUT2D eigenvalue weighted by Crippen LogP contribution is 2.20. The van der Waals surface area contributed by atoms with Crippen LogP contribution in [0.5, 0.6) is 5.75 Å². The van der Waals surface area contributed by atoms with Crippen LogP contribution in [0, 0.1) is 11.3 Å². The van der Waals surface area contributed by atoms with Gasteiger partial charge in [-0.15, -0.1) is 0 Å². The van der Waals surface area contributed by atoms with Crippen LogP contribution in [0.1, 0.15) is 37.4 Å². The molecule has 0 aliphatic carbocycles. The van der Waals surface area contributed by atoms with Gasteiger partial charge in [-0.05, 0) is 55.3 Å². The van der Waals surface area contributed by atoms with Gasteiger partial charge < -0.3 is 10.1 Å². The summed E-state index contributed by atoms with van der Waals surface area (Å²) < 4.78 is 6.65. The molecule has 5 heteroatoms. The van der Waals surface area contributed by atoms with Crippen molar-refractivity contribution in [3.05, 3.63) is 64.1 Å². The SMILES string of the molecule is CCC(NC(=O)C(C)Oc1ccc(C#N)cc1)c1ccc(Br)cc1. The maximum absolute atomic E-state index is 12.4. The van der Waals surface area contributed by atoms with Gasteiger partial charge in [-0.1, -0.05) is 35.0 Å². The number of amides is 1. The molecule has 124 valence electrons. The largest absolute Gasteiger partial charge is 0.481 e. The van der Waals surface area contributed by atoms with E-state index >= 15 is 0 Å². The van der Waals surface area contributed by atoms with Crippen LogP contribution in [0.4, 0.5) is 0 Å². The van der Waals surface area contributed by atoms with Gasteiger partial charge >= 0.3 is 0 Å². The Hall–Kier alpha value is -2.32. The minimum Gasteiger partial charge on any atom is -0.481 e. The number of carbonyl (C=O) groups excluding carboxylic acids is 1. The Morgan fingerprint density at radius 1 is 1.21 bits per heavy atom. The first-order valence-electron chi connectivity index (χ1n) is 7.76. The average Bonchev–Trinajstić information content (AvgIpc) is 2.61. The third-order valence-electron chi connectivity index (χ3n) is 3.66. The van der Waals surface area contributed by atoms with E-state index in [1.165, 1.54) is 0 Å². The number of hydrogen-bond donors (Lipinski definition) is 1. The van der Waals surface area contributed by atoms with E-state index in [9.17, 15) is 4.79 Å². The Balaban J connectivity index is 1.98. The van der Waals surface area contributed by atoms with Gasteiger partial charge in [0.1, 0.15) is 5.75 Å². The van der Waals surface area contributed by atoms with Crippen molar-refractivity contribution < 1.29 is 9.53 Å². The number of carbonyl (C=O) groups is 1. The van der Waals surface area contributed by atoms with Crippen LogP contribution in [0.15, 0.2) is 53.0 Å². The van der Waals surface area contributed by atoms with Crippen LogP contribution in [0.25, 0.3) is 0 Å². The van der Waals surface area contributed by atoms with E-state index in [0.29, 0.717) is 11.3 Å². The van der Waals surface area contributed by atoms with E-state index < -0.39 is 6.10 Å². The summed E-state index contributed by atoms with van der Waals surface area (Å²) in [5.41, 5.74) is 1.61. The first-order chi connectivity index (χ1) is 11.5. The number of nitriles is 1. The van der Waals surface area contributed by atoms with E-state index in [0.717, 1.165) is 16.5 Å². The first kappa shape index (κ1) is 18.0. The Morgan fingerprint density at radius 2 is 1.83 bits per heavy atom. The molecule has 0 fully saturated rings. The van der Waals surface area contributed by atoms with E-state index in [1.807, 2.05) is 37.3 Å². The molecule has 0 aromatic heterocycles. The second-order valence-electron chi connectivity index (χ2n) is 5.42. The van der Waals surface area contributed by atoms with Crippen molar-refractivity contribution in [1.29, 1.82) is 5.26 Å². The quantitative estimate of drug-likeness (QED) is 0.802. The Labute approximate surface area is 150 Å². The van der Waals surface area contributed by atoms with Crippen molar-refractivity contribution in [3.63, 3.8) is 0 Å². The molecule has 0 saturated carbocycles. The number of nitrogens with zero attached hydrogens (tertiary/aromatic N) is 1. The van der Waals surface area contributed by atoms with Gasteiger partial charge in [0.25, 0.3) is 5.91 Å². The van der Waals surface area contributed by atoms with E-state index in [-0.39, 0.29) is 11.9 Å². The lowest BCUT2D eigenvalue weighted by Gasteiger charge is -2.21. The molecule has 2 aromatic carbocycles. The van der Waals surface area contributed by atoms with Crippen molar-refractivity contribution in [2.24, 2.45) is 0 Å². The van der Waals surface area contributed by atoms with Gasteiger partial charge in [0.2, 0.25) is 0 Å². The molecule has 2 rings (SSSR count). The molecule has 1 N–H and O–H groups in total. The molecule has 2 aromatic rings. The van der Waals surface area contributed by atoms with Crippen molar-refractivity contribution in [3.8, 4) is 11.8 Å². The third-order valence-corrected chi connectivity index (χ3v) is 4.19. The molecule has 0 aliphatic heterocycles. The normalized spacial score (nSPS) is 12.8. The van der Waals surface area contributed by atoms with E-state index in [2.05, 4.69) is 21.2 Å². The first-order valence-corrected chi connectivity index (χ1v) is 8.55. The second-order valence-corrected chi connectivity index (χ2v) is 6.33. The standard InChI is InChI=1S/C19H19BrN2O2/c1-3-18(15-6-8-16(20)9-7-15)22-19(23)13(2)24-17-10-4-14(12-21)5-11-17/h4-11,13,18H,3H2,1-2H3,(H,22,23). The number of nitrogens with one attached hydrogen (secondary N) is 1. The molecule has 0 spiro atoms. The summed E-state index contributed by atoms with van der Waals surface area (Å²) in [5.74, 6) is 0.391. The monoisotopic (exact) mass is 386 g/mol. The van der Waals surface area contributed by atoms with Gasteiger partial charge in [-0.3, -0.25) is 4.79 Å². The smallest absolute Gasteiger partial charge is 0.261 e. The number of benzene rings is 2. The summed E-state index contributed by atoms with van der Waals surface area (Å²) in [6.45, 7) is 3.74. The molecule has 4 nitrogen and oxygen atoms in total. The Kier molecular flexibility index (Phi) is 6.39. The second kappa shape index (κ2) is 8.51. The molecule has 0 saturated heterocycles. The predicted molar refractivity (Wildman–Crippen MR) is 96.6 cm³/mol. The van der Waals surface area contributed by atoms with E-state index in [1.54, 1.807) is 31.2 Å². The highest BCUT2D eigenvalue weighted by molar-refractivity contribution is 9.10. The zero-order chi connectivity index (χ0) is 17.5. The van der Waals surface area contributed by atoms with Gasteiger partial charge in [0.15, 0.2) is 6.10 Å². The summed E-state index contributed by atoms with van der Waals surface area (Å²) in [6.07, 6.45) is 0.166. The van der Waals surface area contributed by atoms with Crippen LogP contribution in [-0.2, 0) is 4.79 Å². The predicted octanol–water partition coefficient (Wildman–Crippen LogP) is 4.36. The molecule has 1 amide bonds. The summed E-state index contributed by atoms with van der Waals surface area (Å²) >= 11 is 3.41. The number of hydrogen-bond acceptors (Lipinski definition) is 3. The summed E-state index contributed by atoms with van der Waals surface area (Å²) in [4.78, 5) is 12.4. The molecule has 2 atom stereocenters. The number of ether oxygens (including phenoxy) is 1. The van der Waals surface area contributed by atoms with Crippen LogP contribution >= 0.6 is 15.9 Å². The van der Waals surface area contributed by atoms with Crippen molar-refractivity contribution in [1.82, 2.24) is 5.32 Å². The molecule has 0 aliphatic rings. The van der Waals surface area contributed by atoms with E-state index in [4.69, 9.17) is 10.00 Å². The van der Waals surface area contributed by atoms with Crippen LogP contribution in [0.3, 0.4) is 0 Å². The molecule has 0 bridgehead atoms. The fourth-order valence-electron chi connectivity index (χ4n) is 2.27. The number of rotatable bonds is 6. The van der Waals surface area contributed by atoms with Crippen molar-refractivity contribution in [2.45, 2.75) is 32.4 Å². The lowest BCUT2D eigenvalue weighted by molar-refractivity contribution is -0.128. The zero-order valence-corrected chi connectivity index (χ0v) is 15.2. The minimum absolute atomic E-state index is 0.0578.